The largest absolute Gasteiger partial charge is 0.385 e. The van der Waals surface area contributed by atoms with Gasteiger partial charge >= 0.3 is 0 Å². The van der Waals surface area contributed by atoms with Crippen LogP contribution in [0.25, 0.3) is 0 Å². The average molecular weight is 367 g/mol. The summed E-state index contributed by atoms with van der Waals surface area (Å²) in [5.41, 5.74) is 3.49. The summed E-state index contributed by atoms with van der Waals surface area (Å²) in [7, 11) is 0. The summed E-state index contributed by atoms with van der Waals surface area (Å²) in [4.78, 5) is 38.9. The van der Waals surface area contributed by atoms with Gasteiger partial charge < -0.3 is 10.6 Å². The number of anilines is 1. The molecule has 3 amide bonds. The highest BCUT2D eigenvalue weighted by Crippen LogP contribution is 2.56. The molecule has 2 N–H and O–H groups in total. The van der Waals surface area contributed by atoms with Crippen molar-refractivity contribution in [1.29, 1.82) is 0 Å². The van der Waals surface area contributed by atoms with E-state index in [9.17, 15) is 14.4 Å². The van der Waals surface area contributed by atoms with Crippen molar-refractivity contribution in [1.82, 2.24) is 10.2 Å². The Balaban J connectivity index is 1.20. The molecule has 2 bridgehead atoms. The minimum atomic E-state index is -0.264. The molecule has 0 radical (unpaired) electrons. The van der Waals surface area contributed by atoms with Gasteiger partial charge in [-0.1, -0.05) is 12.1 Å². The maximum atomic E-state index is 12.7. The predicted octanol–water partition coefficient (Wildman–Crippen LogP) is 1.69. The van der Waals surface area contributed by atoms with Gasteiger partial charge in [0, 0.05) is 18.8 Å². The number of rotatable bonds is 4. The molecular weight excluding hydrogens is 342 g/mol. The van der Waals surface area contributed by atoms with Crippen molar-refractivity contribution < 1.29 is 14.4 Å². The van der Waals surface area contributed by atoms with Crippen LogP contribution in [-0.2, 0) is 27.3 Å². The Labute approximate surface area is 158 Å². The van der Waals surface area contributed by atoms with Crippen LogP contribution in [0.1, 0.15) is 36.8 Å². The molecule has 1 aromatic carbocycles. The number of benzene rings is 1. The van der Waals surface area contributed by atoms with Gasteiger partial charge in [0.2, 0.25) is 17.7 Å². The molecule has 142 valence electrons. The maximum Gasteiger partial charge on any atom is 0.240 e. The van der Waals surface area contributed by atoms with Crippen molar-refractivity contribution in [2.24, 2.45) is 23.7 Å². The van der Waals surface area contributed by atoms with Crippen LogP contribution in [0.15, 0.2) is 18.2 Å². The molecule has 4 aliphatic rings. The SMILES string of the molecule is O=C(CN1C(=O)C2C3CCC(C3)C2C1=O)NCc1ccc2c(c1)CCCN2. The molecule has 2 aliphatic heterocycles. The van der Waals surface area contributed by atoms with E-state index in [2.05, 4.69) is 22.8 Å². The molecule has 5 rings (SSSR count). The van der Waals surface area contributed by atoms with Crippen LogP contribution >= 0.6 is 0 Å². The zero-order chi connectivity index (χ0) is 18.5. The molecule has 6 nitrogen and oxygen atoms in total. The van der Waals surface area contributed by atoms with Crippen molar-refractivity contribution in [3.05, 3.63) is 29.3 Å². The Morgan fingerprint density at radius 1 is 1.15 bits per heavy atom. The fourth-order valence-electron chi connectivity index (χ4n) is 5.66. The number of carbonyl (C=O) groups is 3. The quantitative estimate of drug-likeness (QED) is 0.794. The number of likely N-dealkylation sites (tertiary alicyclic amines) is 1. The number of carbonyl (C=O) groups excluding carboxylic acids is 3. The van der Waals surface area contributed by atoms with E-state index in [0.717, 1.165) is 44.2 Å². The van der Waals surface area contributed by atoms with Crippen LogP contribution < -0.4 is 10.6 Å². The first kappa shape index (κ1) is 16.8. The Morgan fingerprint density at radius 3 is 2.63 bits per heavy atom. The van der Waals surface area contributed by atoms with Gasteiger partial charge in [-0.3, -0.25) is 19.3 Å². The monoisotopic (exact) mass is 367 g/mol. The third-order valence-corrected chi connectivity index (χ3v) is 6.92. The molecule has 6 heteroatoms. The fraction of sp³-hybridized carbons (Fsp3) is 0.571. The lowest BCUT2D eigenvalue weighted by molar-refractivity contribution is -0.144. The molecule has 3 fully saturated rings. The smallest absolute Gasteiger partial charge is 0.240 e. The van der Waals surface area contributed by atoms with E-state index >= 15 is 0 Å². The summed E-state index contributed by atoms with van der Waals surface area (Å²) in [5, 5.41) is 6.25. The highest BCUT2D eigenvalue weighted by atomic mass is 16.2. The van der Waals surface area contributed by atoms with Crippen LogP contribution in [0.2, 0.25) is 0 Å². The number of hydrogen-bond acceptors (Lipinski definition) is 4. The average Bonchev–Trinajstić information content (AvgIpc) is 3.36. The molecule has 4 atom stereocenters. The number of nitrogens with zero attached hydrogens (tertiary/aromatic N) is 1. The number of nitrogens with one attached hydrogen (secondary N) is 2. The molecule has 4 unspecified atom stereocenters. The first-order valence-corrected chi connectivity index (χ1v) is 10.1. The van der Waals surface area contributed by atoms with Crippen molar-refractivity contribution in [2.75, 3.05) is 18.4 Å². The van der Waals surface area contributed by atoms with E-state index in [4.69, 9.17) is 0 Å². The summed E-state index contributed by atoms with van der Waals surface area (Å²) >= 11 is 0. The zero-order valence-corrected chi connectivity index (χ0v) is 15.4. The van der Waals surface area contributed by atoms with E-state index in [1.54, 1.807) is 0 Å². The van der Waals surface area contributed by atoms with Crippen LogP contribution in [0.5, 0.6) is 0 Å². The molecule has 2 aliphatic carbocycles. The third kappa shape index (κ3) is 2.73. The predicted molar refractivity (Wildman–Crippen MR) is 99.6 cm³/mol. The van der Waals surface area contributed by atoms with Crippen molar-refractivity contribution in [3.63, 3.8) is 0 Å². The van der Waals surface area contributed by atoms with E-state index in [1.165, 1.54) is 16.2 Å². The number of hydrogen-bond donors (Lipinski definition) is 2. The van der Waals surface area contributed by atoms with Gasteiger partial charge in [0.1, 0.15) is 6.54 Å². The second-order valence-corrected chi connectivity index (χ2v) is 8.45. The van der Waals surface area contributed by atoms with Gasteiger partial charge in [0.25, 0.3) is 0 Å². The van der Waals surface area contributed by atoms with Gasteiger partial charge in [0.05, 0.1) is 11.8 Å². The summed E-state index contributed by atoms with van der Waals surface area (Å²) in [6.07, 6.45) is 5.29. The first-order valence-electron chi connectivity index (χ1n) is 10.1. The van der Waals surface area contributed by atoms with E-state index in [0.29, 0.717) is 18.4 Å². The maximum absolute atomic E-state index is 12.7. The Morgan fingerprint density at radius 2 is 1.89 bits per heavy atom. The zero-order valence-electron chi connectivity index (χ0n) is 15.4. The molecule has 0 aromatic heterocycles. The molecule has 1 saturated heterocycles. The molecule has 27 heavy (non-hydrogen) atoms. The number of amides is 3. The van der Waals surface area contributed by atoms with E-state index in [1.807, 2.05) is 6.07 Å². The number of aryl methyl sites for hydroxylation is 1. The van der Waals surface area contributed by atoms with Gasteiger partial charge in [-0.2, -0.15) is 0 Å². The summed E-state index contributed by atoms with van der Waals surface area (Å²) in [5.74, 6) is -0.101. The topological polar surface area (TPSA) is 78.5 Å². The molecule has 2 saturated carbocycles. The van der Waals surface area contributed by atoms with Crippen LogP contribution in [0.3, 0.4) is 0 Å². The highest BCUT2D eigenvalue weighted by molar-refractivity contribution is 6.08. The van der Waals surface area contributed by atoms with Crippen molar-refractivity contribution >= 4 is 23.4 Å². The minimum absolute atomic E-state index is 0.118. The Hall–Kier alpha value is -2.37. The molecular formula is C21H25N3O3. The lowest BCUT2D eigenvalue weighted by atomic mass is 9.81. The standard InChI is InChI=1S/C21H25N3O3/c25-17(23-10-12-3-6-16-13(8-12)2-1-7-22-16)11-24-20(26)18-14-4-5-15(9-14)19(18)21(24)27/h3,6,8,14-15,18-19,22H,1-2,4-5,7,9-11H2,(H,23,25). The van der Waals surface area contributed by atoms with Gasteiger partial charge in [-0.25, -0.2) is 0 Å². The summed E-state index contributed by atoms with van der Waals surface area (Å²) in [6.45, 7) is 1.28. The van der Waals surface area contributed by atoms with Gasteiger partial charge in [-0.05, 0) is 61.1 Å². The van der Waals surface area contributed by atoms with Crippen LogP contribution in [0, 0.1) is 23.7 Å². The normalized spacial score (nSPS) is 30.9. The molecule has 2 heterocycles. The number of imide groups is 1. The molecule has 0 spiro atoms. The van der Waals surface area contributed by atoms with Gasteiger partial charge in [-0.15, -0.1) is 0 Å². The summed E-state index contributed by atoms with van der Waals surface area (Å²) < 4.78 is 0. The van der Waals surface area contributed by atoms with E-state index < -0.39 is 0 Å². The molecule has 1 aromatic rings. The Bertz CT molecular complexity index is 793. The third-order valence-electron chi connectivity index (χ3n) is 6.92. The minimum Gasteiger partial charge on any atom is -0.385 e. The van der Waals surface area contributed by atoms with Crippen molar-refractivity contribution in [2.45, 2.75) is 38.6 Å². The van der Waals surface area contributed by atoms with Gasteiger partial charge in [0.15, 0.2) is 0 Å². The highest BCUT2D eigenvalue weighted by Gasteiger charge is 2.60. The van der Waals surface area contributed by atoms with Crippen LogP contribution in [0.4, 0.5) is 5.69 Å². The first-order chi connectivity index (χ1) is 13.1. The lowest BCUT2D eigenvalue weighted by Crippen LogP contribution is -2.41. The van der Waals surface area contributed by atoms with Crippen molar-refractivity contribution in [3.8, 4) is 0 Å². The Kier molecular flexibility index (Phi) is 3.95. The second-order valence-electron chi connectivity index (χ2n) is 8.45. The van der Waals surface area contributed by atoms with Crippen LogP contribution in [-0.4, -0.2) is 35.7 Å². The number of fused-ring (bicyclic) bond motifs is 6. The lowest BCUT2D eigenvalue weighted by Gasteiger charge is -2.19. The van der Waals surface area contributed by atoms with E-state index in [-0.39, 0.29) is 36.1 Å². The fourth-order valence-corrected chi connectivity index (χ4v) is 5.66. The summed E-state index contributed by atoms with van der Waals surface area (Å²) in [6, 6.07) is 6.18. The second kappa shape index (κ2) is 6.36.